The fraction of sp³-hybridized carbons (Fsp3) is 0.273. The van der Waals surface area contributed by atoms with E-state index in [1.54, 1.807) is 54.8 Å². The number of nitrogen functional groups attached to an aromatic ring is 1. The summed E-state index contributed by atoms with van der Waals surface area (Å²) in [6.07, 6.45) is 4.11. The van der Waals surface area contributed by atoms with Gasteiger partial charge in [0.05, 0.1) is 17.6 Å². The zero-order valence-corrected chi connectivity index (χ0v) is 23.4. The maximum Gasteiger partial charge on any atom is 0.286 e. The van der Waals surface area contributed by atoms with E-state index < -0.39 is 6.29 Å². The first kappa shape index (κ1) is 28.9. The Bertz CT molecular complexity index is 1560. The zero-order chi connectivity index (χ0) is 29.5. The molecule has 218 valence electrons. The molecular weight excluding hydrogens is 534 g/mol. The molecule has 0 bridgehead atoms. The van der Waals surface area contributed by atoms with Gasteiger partial charge in [-0.3, -0.25) is 9.59 Å². The Labute approximate surface area is 244 Å². The van der Waals surface area contributed by atoms with E-state index in [1.165, 1.54) is 0 Å². The second kappa shape index (κ2) is 13.4. The largest absolute Gasteiger partial charge is 0.464 e. The molecule has 0 saturated carbocycles. The van der Waals surface area contributed by atoms with Gasteiger partial charge in [-0.1, -0.05) is 42.5 Å². The lowest BCUT2D eigenvalue weighted by Crippen LogP contribution is -2.38. The first-order valence-electron chi connectivity index (χ1n) is 14.1. The summed E-state index contributed by atoms with van der Waals surface area (Å²) in [5.41, 5.74) is 9.94. The topological polar surface area (TPSA) is 136 Å². The number of benzene rings is 3. The molecule has 5 rings (SSSR count). The number of carbonyl (C=O) groups is 2. The SMILES string of the molecule is CCO[C@@H]1OC(C(=O)NCc2ccc(C(=O)Nc3ccccc3N)cc2)=C[C@H](c2coc3ccccc23)[C@H]1CCCO. The first-order chi connectivity index (χ1) is 20.5. The first-order valence-corrected chi connectivity index (χ1v) is 14.1. The van der Waals surface area contributed by atoms with E-state index in [2.05, 4.69) is 10.6 Å². The van der Waals surface area contributed by atoms with Gasteiger partial charge in [0.1, 0.15) is 5.58 Å². The molecule has 2 amide bonds. The molecule has 0 aliphatic carbocycles. The van der Waals surface area contributed by atoms with E-state index in [4.69, 9.17) is 19.6 Å². The minimum atomic E-state index is -0.664. The summed E-state index contributed by atoms with van der Waals surface area (Å²) in [5.74, 6) is -0.832. The number of hydrogen-bond acceptors (Lipinski definition) is 7. The van der Waals surface area contributed by atoms with Crippen LogP contribution in [0.4, 0.5) is 11.4 Å². The zero-order valence-electron chi connectivity index (χ0n) is 23.4. The summed E-state index contributed by atoms with van der Waals surface area (Å²) in [7, 11) is 0. The molecule has 0 unspecified atom stereocenters. The van der Waals surface area contributed by atoms with E-state index in [0.717, 1.165) is 22.1 Å². The van der Waals surface area contributed by atoms with Gasteiger partial charge in [0, 0.05) is 48.1 Å². The van der Waals surface area contributed by atoms with Gasteiger partial charge in [-0.25, -0.2) is 0 Å². The highest BCUT2D eigenvalue weighted by atomic mass is 16.7. The fourth-order valence-electron chi connectivity index (χ4n) is 5.23. The molecule has 42 heavy (non-hydrogen) atoms. The summed E-state index contributed by atoms with van der Waals surface area (Å²) in [5, 5.41) is 16.2. The molecule has 9 heteroatoms. The number of aliphatic hydroxyl groups is 1. The number of aliphatic hydroxyl groups excluding tert-OH is 1. The van der Waals surface area contributed by atoms with Gasteiger partial charge in [0.25, 0.3) is 11.8 Å². The van der Waals surface area contributed by atoms with Crippen LogP contribution in [0.3, 0.4) is 0 Å². The van der Waals surface area contributed by atoms with Crippen molar-refractivity contribution in [3.05, 3.63) is 108 Å². The number of para-hydroxylation sites is 3. The minimum absolute atomic E-state index is 0.0476. The third-order valence-electron chi connectivity index (χ3n) is 7.38. The van der Waals surface area contributed by atoms with Gasteiger partial charge in [0.2, 0.25) is 6.29 Å². The Morgan fingerprint density at radius 2 is 1.76 bits per heavy atom. The van der Waals surface area contributed by atoms with Crippen molar-refractivity contribution < 1.29 is 28.6 Å². The summed E-state index contributed by atoms with van der Waals surface area (Å²) in [6, 6.07) is 21.8. The van der Waals surface area contributed by atoms with Crippen LogP contribution in [0.1, 0.15) is 47.2 Å². The van der Waals surface area contributed by atoms with E-state index >= 15 is 0 Å². The van der Waals surface area contributed by atoms with Crippen molar-refractivity contribution in [1.29, 1.82) is 0 Å². The highest BCUT2D eigenvalue weighted by Gasteiger charge is 2.39. The number of amides is 2. The number of nitrogens with two attached hydrogens (primary N) is 1. The number of carbonyl (C=O) groups excluding carboxylic acids is 2. The fourth-order valence-corrected chi connectivity index (χ4v) is 5.23. The van der Waals surface area contributed by atoms with E-state index in [0.29, 0.717) is 36.4 Å². The highest BCUT2D eigenvalue weighted by molar-refractivity contribution is 6.05. The number of furan rings is 1. The molecule has 1 aliphatic heterocycles. The van der Waals surface area contributed by atoms with Crippen LogP contribution in [0.15, 0.2) is 95.3 Å². The predicted octanol–water partition coefficient (Wildman–Crippen LogP) is 5.33. The van der Waals surface area contributed by atoms with Gasteiger partial charge in [-0.15, -0.1) is 0 Å². The Morgan fingerprint density at radius 3 is 2.52 bits per heavy atom. The molecule has 0 radical (unpaired) electrons. The summed E-state index contributed by atoms with van der Waals surface area (Å²) in [6.45, 7) is 2.57. The number of nitrogens with one attached hydrogen (secondary N) is 2. The number of rotatable bonds is 11. The van der Waals surface area contributed by atoms with Crippen LogP contribution in [0.25, 0.3) is 11.0 Å². The van der Waals surface area contributed by atoms with Crippen LogP contribution >= 0.6 is 0 Å². The van der Waals surface area contributed by atoms with Crippen LogP contribution in [0.5, 0.6) is 0 Å². The van der Waals surface area contributed by atoms with Crippen LogP contribution in [-0.4, -0.2) is 36.4 Å². The maximum absolute atomic E-state index is 13.3. The Balaban J connectivity index is 1.31. The van der Waals surface area contributed by atoms with Crippen LogP contribution in [-0.2, 0) is 20.8 Å². The molecule has 1 aliphatic rings. The van der Waals surface area contributed by atoms with E-state index in [-0.39, 0.29) is 42.6 Å². The lowest BCUT2D eigenvalue weighted by Gasteiger charge is -2.36. The standard InChI is InChI=1S/C33H35N3O6/c1-2-40-33-24(9-7-17-37)25(26-20-41-29-12-6-3-8-23(26)29)18-30(42-33)32(39)35-19-21-13-15-22(16-14-21)31(38)36-28-11-5-4-10-27(28)34/h3-6,8,10-16,18,20,24-25,33,37H,2,7,9,17,19,34H2,1H3,(H,35,39)(H,36,38)/t24-,25+,33-/m1/s1. The molecule has 5 N–H and O–H groups in total. The number of anilines is 2. The van der Waals surface area contributed by atoms with Crippen LogP contribution in [0.2, 0.25) is 0 Å². The lowest BCUT2D eigenvalue weighted by atomic mass is 9.80. The van der Waals surface area contributed by atoms with Crippen molar-refractivity contribution in [2.24, 2.45) is 5.92 Å². The van der Waals surface area contributed by atoms with Crippen molar-refractivity contribution >= 4 is 34.2 Å². The van der Waals surface area contributed by atoms with Crippen molar-refractivity contribution in [3.63, 3.8) is 0 Å². The highest BCUT2D eigenvalue weighted by Crippen LogP contribution is 2.42. The molecular formula is C33H35N3O6. The Morgan fingerprint density at radius 1 is 1.00 bits per heavy atom. The summed E-state index contributed by atoms with van der Waals surface area (Å²) >= 11 is 0. The average molecular weight is 570 g/mol. The molecule has 2 heterocycles. The third kappa shape index (κ3) is 6.48. The van der Waals surface area contributed by atoms with E-state index in [9.17, 15) is 14.7 Å². The second-order valence-electron chi connectivity index (χ2n) is 10.1. The average Bonchev–Trinajstić information content (AvgIpc) is 3.44. The second-order valence-corrected chi connectivity index (χ2v) is 10.1. The molecule has 9 nitrogen and oxygen atoms in total. The van der Waals surface area contributed by atoms with Gasteiger partial charge in [-0.2, -0.15) is 0 Å². The Hall–Kier alpha value is -4.60. The van der Waals surface area contributed by atoms with Crippen molar-refractivity contribution in [3.8, 4) is 0 Å². The molecule has 0 saturated heterocycles. The number of fused-ring (bicyclic) bond motifs is 1. The minimum Gasteiger partial charge on any atom is -0.464 e. The molecule has 3 aromatic carbocycles. The van der Waals surface area contributed by atoms with Crippen LogP contribution < -0.4 is 16.4 Å². The predicted molar refractivity (Wildman–Crippen MR) is 160 cm³/mol. The van der Waals surface area contributed by atoms with Crippen molar-refractivity contribution in [2.45, 2.75) is 38.5 Å². The van der Waals surface area contributed by atoms with Crippen molar-refractivity contribution in [1.82, 2.24) is 5.32 Å². The van der Waals surface area contributed by atoms with Crippen molar-refractivity contribution in [2.75, 3.05) is 24.3 Å². The summed E-state index contributed by atoms with van der Waals surface area (Å²) in [4.78, 5) is 26.0. The number of hydrogen-bond donors (Lipinski definition) is 4. The molecule has 4 aromatic rings. The van der Waals surface area contributed by atoms with Crippen LogP contribution in [0, 0.1) is 5.92 Å². The molecule has 3 atom stereocenters. The Kier molecular flexibility index (Phi) is 9.21. The normalized spacial score (nSPS) is 18.2. The molecule has 0 spiro atoms. The lowest BCUT2D eigenvalue weighted by molar-refractivity contribution is -0.166. The quantitative estimate of drug-likeness (QED) is 0.179. The molecule has 0 fully saturated rings. The summed E-state index contributed by atoms with van der Waals surface area (Å²) < 4.78 is 17.9. The number of allylic oxidation sites excluding steroid dienone is 1. The third-order valence-corrected chi connectivity index (χ3v) is 7.38. The van der Waals surface area contributed by atoms with Gasteiger partial charge < -0.3 is 35.4 Å². The molecule has 1 aromatic heterocycles. The number of ether oxygens (including phenoxy) is 2. The monoisotopic (exact) mass is 569 g/mol. The van der Waals surface area contributed by atoms with Gasteiger partial charge >= 0.3 is 0 Å². The smallest absolute Gasteiger partial charge is 0.286 e. The van der Waals surface area contributed by atoms with Gasteiger partial charge in [0.15, 0.2) is 5.76 Å². The van der Waals surface area contributed by atoms with E-state index in [1.807, 2.05) is 37.3 Å². The maximum atomic E-state index is 13.3. The van der Waals surface area contributed by atoms with Gasteiger partial charge in [-0.05, 0) is 61.7 Å².